The number of H-pyrrole nitrogens is 1. The van der Waals surface area contributed by atoms with Crippen molar-refractivity contribution in [3.05, 3.63) is 89.4 Å². The first-order valence-corrected chi connectivity index (χ1v) is 12.6. The second kappa shape index (κ2) is 13.0. The van der Waals surface area contributed by atoms with E-state index in [2.05, 4.69) is 53.9 Å². The molecule has 0 fully saturated rings. The van der Waals surface area contributed by atoms with Crippen LogP contribution < -0.4 is 5.69 Å². The molecule has 1 N–H and O–H groups in total. The Morgan fingerprint density at radius 1 is 1.00 bits per heavy atom. The van der Waals surface area contributed by atoms with Crippen LogP contribution in [-0.2, 0) is 17.7 Å². The van der Waals surface area contributed by atoms with Gasteiger partial charge in [0.2, 0.25) is 0 Å². The Morgan fingerprint density at radius 2 is 1.76 bits per heavy atom. The molecular formula is C30H39N5O2. The standard InChI is InChI=1S/C15H20N2O.C14H15N3O.CH4/c1-3-18-12(2)8-9-13-6-4-5-7-14(13)15-16-10-11-17-15;1-10(2)9-17-12-6-4-3-5-11(12)13-15-7-8-16(13)14(17)18;/h4-7,10-12H,3,8-9H2,1-2H3,(H,16,17);3-8,10H,9H2,1-2H3;1H4. The number of ether oxygens (including phenoxy) is 1. The van der Waals surface area contributed by atoms with E-state index in [1.165, 1.54) is 11.1 Å². The minimum Gasteiger partial charge on any atom is -0.379 e. The van der Waals surface area contributed by atoms with Gasteiger partial charge in [0.15, 0.2) is 0 Å². The highest BCUT2D eigenvalue weighted by Crippen LogP contribution is 2.22. The van der Waals surface area contributed by atoms with E-state index in [0.29, 0.717) is 18.6 Å². The van der Waals surface area contributed by atoms with Crippen LogP contribution in [0.25, 0.3) is 27.9 Å². The summed E-state index contributed by atoms with van der Waals surface area (Å²) in [5.41, 5.74) is 4.17. The van der Waals surface area contributed by atoms with Gasteiger partial charge >= 0.3 is 5.69 Å². The summed E-state index contributed by atoms with van der Waals surface area (Å²) in [6.07, 6.45) is 9.39. The van der Waals surface area contributed by atoms with Gasteiger partial charge in [-0.1, -0.05) is 57.7 Å². The number of imidazole rings is 2. The van der Waals surface area contributed by atoms with Gasteiger partial charge in [0.05, 0.1) is 11.6 Å². The van der Waals surface area contributed by atoms with Gasteiger partial charge in [-0.25, -0.2) is 14.8 Å². The molecule has 0 saturated heterocycles. The normalized spacial score (nSPS) is 11.8. The lowest BCUT2D eigenvalue weighted by atomic mass is 10.0. The Kier molecular flexibility index (Phi) is 9.80. The highest BCUT2D eigenvalue weighted by atomic mass is 16.5. The summed E-state index contributed by atoms with van der Waals surface area (Å²) < 4.78 is 9.01. The van der Waals surface area contributed by atoms with E-state index in [9.17, 15) is 4.79 Å². The largest absolute Gasteiger partial charge is 0.379 e. The summed E-state index contributed by atoms with van der Waals surface area (Å²) in [5.74, 6) is 1.36. The minimum atomic E-state index is -0.0186. The topological polar surface area (TPSA) is 77.2 Å². The number of hydrogen-bond acceptors (Lipinski definition) is 4. The van der Waals surface area contributed by atoms with Crippen molar-refractivity contribution in [2.75, 3.05) is 6.61 Å². The van der Waals surface area contributed by atoms with Crippen LogP contribution in [0.15, 0.2) is 78.1 Å². The van der Waals surface area contributed by atoms with Crippen molar-refractivity contribution >= 4 is 16.6 Å². The maximum absolute atomic E-state index is 12.4. The molecule has 0 saturated carbocycles. The Balaban J connectivity index is 0.000000200. The lowest BCUT2D eigenvalue weighted by molar-refractivity contribution is 0.0706. The predicted molar refractivity (Wildman–Crippen MR) is 152 cm³/mol. The van der Waals surface area contributed by atoms with Gasteiger partial charge in [0.25, 0.3) is 0 Å². The molecule has 7 heteroatoms. The van der Waals surface area contributed by atoms with Crippen LogP contribution in [0.2, 0.25) is 0 Å². The summed E-state index contributed by atoms with van der Waals surface area (Å²) >= 11 is 0. The highest BCUT2D eigenvalue weighted by molar-refractivity contribution is 5.91. The molecule has 3 aromatic heterocycles. The van der Waals surface area contributed by atoms with Gasteiger partial charge in [0, 0.05) is 48.9 Å². The predicted octanol–water partition coefficient (Wildman–Crippen LogP) is 6.38. The van der Waals surface area contributed by atoms with E-state index in [-0.39, 0.29) is 13.1 Å². The first-order chi connectivity index (χ1) is 17.5. The molecule has 2 aromatic carbocycles. The maximum Gasteiger partial charge on any atom is 0.334 e. The van der Waals surface area contributed by atoms with Crippen molar-refractivity contribution in [1.82, 2.24) is 23.9 Å². The maximum atomic E-state index is 12.4. The summed E-state index contributed by atoms with van der Waals surface area (Å²) in [7, 11) is 0. The van der Waals surface area contributed by atoms with E-state index in [1.807, 2.05) is 48.0 Å². The van der Waals surface area contributed by atoms with Gasteiger partial charge in [-0.2, -0.15) is 0 Å². The van der Waals surface area contributed by atoms with Crippen molar-refractivity contribution in [2.45, 2.75) is 60.6 Å². The van der Waals surface area contributed by atoms with E-state index >= 15 is 0 Å². The molecule has 0 aliphatic rings. The van der Waals surface area contributed by atoms with Gasteiger partial charge in [-0.3, -0.25) is 8.97 Å². The highest BCUT2D eigenvalue weighted by Gasteiger charge is 2.11. The smallest absolute Gasteiger partial charge is 0.334 e. The first kappa shape index (κ1) is 27.9. The first-order valence-electron chi connectivity index (χ1n) is 12.6. The van der Waals surface area contributed by atoms with Crippen molar-refractivity contribution in [1.29, 1.82) is 0 Å². The number of nitrogens with zero attached hydrogens (tertiary/aromatic N) is 4. The van der Waals surface area contributed by atoms with E-state index in [0.717, 1.165) is 41.8 Å². The zero-order valence-electron chi connectivity index (χ0n) is 21.5. The number of para-hydroxylation sites is 1. The third-order valence-corrected chi connectivity index (χ3v) is 6.10. The number of aromatic nitrogens is 5. The molecular weight excluding hydrogens is 462 g/mol. The molecule has 1 unspecified atom stereocenters. The molecule has 5 rings (SSSR count). The van der Waals surface area contributed by atoms with Gasteiger partial charge in [0.1, 0.15) is 11.5 Å². The Morgan fingerprint density at radius 3 is 2.49 bits per heavy atom. The molecule has 1 atom stereocenters. The van der Waals surface area contributed by atoms with Crippen LogP contribution in [0, 0.1) is 5.92 Å². The lowest BCUT2D eigenvalue weighted by Gasteiger charge is -2.13. The second-order valence-corrected chi connectivity index (χ2v) is 9.32. The third-order valence-electron chi connectivity index (χ3n) is 6.10. The average molecular weight is 502 g/mol. The number of hydrogen-bond donors (Lipinski definition) is 1. The molecule has 0 radical (unpaired) electrons. The summed E-state index contributed by atoms with van der Waals surface area (Å²) in [6.45, 7) is 9.87. The molecule has 0 aliphatic heterocycles. The molecule has 0 aliphatic carbocycles. The fraction of sp³-hybridized carbons (Fsp3) is 0.367. The zero-order chi connectivity index (χ0) is 25.5. The van der Waals surface area contributed by atoms with Crippen LogP contribution in [0.4, 0.5) is 0 Å². The van der Waals surface area contributed by atoms with Crippen molar-refractivity contribution in [3.8, 4) is 11.4 Å². The third kappa shape index (κ3) is 6.54. The van der Waals surface area contributed by atoms with E-state index < -0.39 is 0 Å². The summed E-state index contributed by atoms with van der Waals surface area (Å²) in [6, 6.07) is 16.3. The Hall–Kier alpha value is -3.71. The van der Waals surface area contributed by atoms with E-state index in [1.54, 1.807) is 23.0 Å². The quantitative estimate of drug-likeness (QED) is 0.268. The van der Waals surface area contributed by atoms with Gasteiger partial charge in [-0.15, -0.1) is 0 Å². The molecule has 5 aromatic rings. The minimum absolute atomic E-state index is 0. The van der Waals surface area contributed by atoms with Gasteiger partial charge < -0.3 is 9.72 Å². The van der Waals surface area contributed by atoms with Crippen LogP contribution in [0.1, 0.15) is 47.1 Å². The molecule has 0 spiro atoms. The molecule has 37 heavy (non-hydrogen) atoms. The van der Waals surface area contributed by atoms with Crippen LogP contribution in [-0.4, -0.2) is 36.6 Å². The number of benzene rings is 2. The van der Waals surface area contributed by atoms with Crippen molar-refractivity contribution < 1.29 is 4.74 Å². The lowest BCUT2D eigenvalue weighted by Crippen LogP contribution is -2.28. The Labute approximate surface area is 219 Å². The number of fused-ring (bicyclic) bond motifs is 3. The monoisotopic (exact) mass is 501 g/mol. The average Bonchev–Trinajstić information content (AvgIpc) is 3.59. The number of rotatable bonds is 8. The fourth-order valence-electron chi connectivity index (χ4n) is 4.44. The zero-order valence-corrected chi connectivity index (χ0v) is 21.5. The molecule has 7 nitrogen and oxygen atoms in total. The molecule has 196 valence electrons. The van der Waals surface area contributed by atoms with Crippen LogP contribution in [0.3, 0.4) is 0 Å². The number of aromatic amines is 1. The van der Waals surface area contributed by atoms with E-state index in [4.69, 9.17) is 4.74 Å². The number of nitrogens with one attached hydrogen (secondary N) is 1. The number of aryl methyl sites for hydroxylation is 1. The van der Waals surface area contributed by atoms with Gasteiger partial charge in [-0.05, 0) is 50.3 Å². The molecule has 0 bridgehead atoms. The fourth-order valence-corrected chi connectivity index (χ4v) is 4.44. The Bertz CT molecular complexity index is 1450. The van der Waals surface area contributed by atoms with Crippen LogP contribution >= 0.6 is 0 Å². The molecule has 0 amide bonds. The van der Waals surface area contributed by atoms with Crippen LogP contribution in [0.5, 0.6) is 0 Å². The second-order valence-electron chi connectivity index (χ2n) is 9.32. The van der Waals surface area contributed by atoms with Crippen molar-refractivity contribution in [3.63, 3.8) is 0 Å². The molecule has 3 heterocycles. The summed E-state index contributed by atoms with van der Waals surface area (Å²) in [4.78, 5) is 24.2. The summed E-state index contributed by atoms with van der Waals surface area (Å²) in [5, 5.41) is 1.02. The SMILES string of the molecule is C.CC(C)Cn1c(=O)n2ccnc2c2ccccc21.CCOC(C)CCc1ccccc1-c1ncc[nH]1. The van der Waals surface area contributed by atoms with Crippen molar-refractivity contribution in [2.24, 2.45) is 5.92 Å².